The third kappa shape index (κ3) is 1.25. The standard InChI is InChI=1S/C13H10FNO/c14-12-13(16-12,10-6-2-1-3-7-10)11-8-4-5-9-15-11/h1-9,12H. The third-order valence-electron chi connectivity index (χ3n) is 2.80. The number of benzene rings is 1. The Morgan fingerprint density at radius 1 is 1.06 bits per heavy atom. The molecule has 1 aliphatic heterocycles. The number of aromatic nitrogens is 1. The highest BCUT2D eigenvalue weighted by Gasteiger charge is 2.61. The predicted octanol–water partition coefficient (Wildman–Crippen LogP) is 2.65. The second-order valence-corrected chi connectivity index (χ2v) is 3.75. The molecule has 0 N–H and O–H groups in total. The molecule has 16 heavy (non-hydrogen) atoms. The Bertz CT molecular complexity index is 446. The van der Waals surface area contributed by atoms with Crippen molar-refractivity contribution >= 4 is 0 Å². The van der Waals surface area contributed by atoms with Crippen molar-refractivity contribution < 1.29 is 9.13 Å². The highest BCUT2D eigenvalue weighted by Crippen LogP contribution is 2.51. The van der Waals surface area contributed by atoms with Crippen LogP contribution in [0.1, 0.15) is 11.3 Å². The van der Waals surface area contributed by atoms with Crippen molar-refractivity contribution in [2.45, 2.75) is 12.0 Å². The fourth-order valence-electron chi connectivity index (χ4n) is 1.92. The average molecular weight is 215 g/mol. The topological polar surface area (TPSA) is 25.4 Å². The van der Waals surface area contributed by atoms with Crippen LogP contribution >= 0.6 is 0 Å². The molecule has 3 rings (SSSR count). The lowest BCUT2D eigenvalue weighted by molar-refractivity contribution is 0.254. The summed E-state index contributed by atoms with van der Waals surface area (Å²) < 4.78 is 18.7. The molecule has 1 aliphatic rings. The summed E-state index contributed by atoms with van der Waals surface area (Å²) in [5.74, 6) is 0. The number of epoxide rings is 1. The third-order valence-corrected chi connectivity index (χ3v) is 2.80. The van der Waals surface area contributed by atoms with Crippen molar-refractivity contribution in [2.75, 3.05) is 0 Å². The van der Waals surface area contributed by atoms with Gasteiger partial charge in [-0.1, -0.05) is 36.4 Å². The van der Waals surface area contributed by atoms with E-state index in [0.29, 0.717) is 5.69 Å². The van der Waals surface area contributed by atoms with E-state index in [1.807, 2.05) is 36.4 Å². The van der Waals surface area contributed by atoms with Crippen molar-refractivity contribution in [2.24, 2.45) is 0 Å². The maximum atomic E-state index is 13.5. The Morgan fingerprint density at radius 3 is 2.31 bits per heavy atom. The van der Waals surface area contributed by atoms with Crippen molar-refractivity contribution in [3.8, 4) is 0 Å². The van der Waals surface area contributed by atoms with Gasteiger partial charge in [-0.05, 0) is 17.7 Å². The van der Waals surface area contributed by atoms with Gasteiger partial charge in [0.15, 0.2) is 5.60 Å². The molecular weight excluding hydrogens is 205 g/mol. The van der Waals surface area contributed by atoms with Crippen LogP contribution in [0.2, 0.25) is 0 Å². The Labute approximate surface area is 92.7 Å². The number of pyridine rings is 1. The number of nitrogens with zero attached hydrogens (tertiary/aromatic N) is 1. The first-order valence-electron chi connectivity index (χ1n) is 5.13. The van der Waals surface area contributed by atoms with Gasteiger partial charge in [-0.3, -0.25) is 4.98 Å². The molecule has 1 aromatic heterocycles. The lowest BCUT2D eigenvalue weighted by Gasteiger charge is -2.10. The van der Waals surface area contributed by atoms with Gasteiger partial charge in [0.1, 0.15) is 0 Å². The normalized spacial score (nSPS) is 27.7. The van der Waals surface area contributed by atoms with Gasteiger partial charge < -0.3 is 4.74 Å². The molecule has 0 bridgehead atoms. The van der Waals surface area contributed by atoms with E-state index >= 15 is 0 Å². The van der Waals surface area contributed by atoms with E-state index in [1.54, 1.807) is 18.3 Å². The molecular formula is C13H10FNO. The second-order valence-electron chi connectivity index (χ2n) is 3.75. The van der Waals surface area contributed by atoms with Crippen LogP contribution < -0.4 is 0 Å². The molecule has 80 valence electrons. The zero-order valence-electron chi connectivity index (χ0n) is 8.51. The SMILES string of the molecule is FC1OC1(c1ccccc1)c1ccccn1. The molecule has 0 spiro atoms. The summed E-state index contributed by atoms with van der Waals surface area (Å²) in [6.07, 6.45) is 0.346. The van der Waals surface area contributed by atoms with Gasteiger partial charge in [0.05, 0.1) is 5.69 Å². The van der Waals surface area contributed by atoms with Crippen LogP contribution in [0.4, 0.5) is 4.39 Å². The minimum Gasteiger partial charge on any atom is -0.321 e. The maximum absolute atomic E-state index is 13.5. The average Bonchev–Trinajstić information content (AvgIpc) is 3.05. The Balaban J connectivity index is 2.10. The van der Waals surface area contributed by atoms with Crippen LogP contribution in [-0.4, -0.2) is 11.3 Å². The van der Waals surface area contributed by atoms with E-state index in [9.17, 15) is 4.39 Å². The van der Waals surface area contributed by atoms with Gasteiger partial charge in [0, 0.05) is 6.20 Å². The Morgan fingerprint density at radius 2 is 1.75 bits per heavy atom. The quantitative estimate of drug-likeness (QED) is 0.719. The van der Waals surface area contributed by atoms with E-state index in [2.05, 4.69) is 4.98 Å². The van der Waals surface area contributed by atoms with E-state index in [0.717, 1.165) is 5.56 Å². The first-order valence-corrected chi connectivity index (χ1v) is 5.13. The first-order chi connectivity index (χ1) is 7.84. The number of hydrogen-bond donors (Lipinski definition) is 0. The van der Waals surface area contributed by atoms with Crippen molar-refractivity contribution in [3.63, 3.8) is 0 Å². The van der Waals surface area contributed by atoms with E-state index < -0.39 is 12.0 Å². The molecule has 2 aromatic rings. The maximum Gasteiger partial charge on any atom is 0.239 e. The smallest absolute Gasteiger partial charge is 0.239 e. The summed E-state index contributed by atoms with van der Waals surface area (Å²) in [6, 6.07) is 14.8. The molecule has 0 radical (unpaired) electrons. The van der Waals surface area contributed by atoms with Gasteiger partial charge in [-0.15, -0.1) is 0 Å². The van der Waals surface area contributed by atoms with Crippen LogP contribution in [0.15, 0.2) is 54.7 Å². The van der Waals surface area contributed by atoms with E-state index in [-0.39, 0.29) is 0 Å². The number of ether oxygens (including phenoxy) is 1. The molecule has 0 saturated carbocycles. The van der Waals surface area contributed by atoms with E-state index in [4.69, 9.17) is 4.74 Å². The lowest BCUT2D eigenvalue weighted by Crippen LogP contribution is -2.14. The van der Waals surface area contributed by atoms with Crippen LogP contribution in [0, 0.1) is 0 Å². The van der Waals surface area contributed by atoms with Gasteiger partial charge in [-0.25, -0.2) is 4.39 Å². The van der Waals surface area contributed by atoms with Crippen LogP contribution in [0.25, 0.3) is 0 Å². The summed E-state index contributed by atoms with van der Waals surface area (Å²) in [5.41, 5.74) is 0.442. The fourth-order valence-corrected chi connectivity index (χ4v) is 1.92. The monoisotopic (exact) mass is 215 g/mol. The molecule has 3 heteroatoms. The Kier molecular flexibility index (Phi) is 2.01. The molecule has 0 amide bonds. The minimum absolute atomic E-state index is 0.619. The van der Waals surface area contributed by atoms with Gasteiger partial charge in [0.25, 0.3) is 0 Å². The van der Waals surface area contributed by atoms with Gasteiger partial charge >= 0.3 is 0 Å². The highest BCUT2D eigenvalue weighted by atomic mass is 19.2. The summed E-state index contributed by atoms with van der Waals surface area (Å²) >= 11 is 0. The van der Waals surface area contributed by atoms with Crippen molar-refractivity contribution in [3.05, 3.63) is 66.0 Å². The number of rotatable bonds is 2. The Hall–Kier alpha value is -1.74. The molecule has 1 fully saturated rings. The highest BCUT2D eigenvalue weighted by molar-refractivity contribution is 5.38. The van der Waals surface area contributed by atoms with Gasteiger partial charge in [-0.2, -0.15) is 0 Å². The van der Waals surface area contributed by atoms with Gasteiger partial charge in [0.2, 0.25) is 6.36 Å². The summed E-state index contributed by atoms with van der Waals surface area (Å²) in [6.45, 7) is 0. The minimum atomic E-state index is -1.30. The molecule has 0 aliphatic carbocycles. The second kappa shape index (κ2) is 3.39. The van der Waals surface area contributed by atoms with Crippen LogP contribution in [-0.2, 0) is 10.3 Å². The van der Waals surface area contributed by atoms with Crippen molar-refractivity contribution in [1.29, 1.82) is 0 Å². The zero-order chi connectivity index (χ0) is 11.0. The summed E-state index contributed by atoms with van der Waals surface area (Å²) in [5, 5.41) is 0. The molecule has 1 aromatic carbocycles. The first kappa shape index (κ1) is 9.48. The zero-order valence-corrected chi connectivity index (χ0v) is 8.51. The number of halogens is 1. The molecule has 2 heterocycles. The molecule has 2 unspecified atom stereocenters. The van der Waals surface area contributed by atoms with Crippen molar-refractivity contribution in [1.82, 2.24) is 4.98 Å². The number of alkyl halides is 1. The largest absolute Gasteiger partial charge is 0.321 e. The summed E-state index contributed by atoms with van der Waals surface area (Å²) in [4.78, 5) is 4.17. The molecule has 2 nitrogen and oxygen atoms in total. The molecule has 2 atom stereocenters. The molecule has 1 saturated heterocycles. The number of hydrogen-bond acceptors (Lipinski definition) is 2. The lowest BCUT2D eigenvalue weighted by atomic mass is 9.95. The van der Waals surface area contributed by atoms with Crippen LogP contribution in [0.3, 0.4) is 0 Å². The van der Waals surface area contributed by atoms with Crippen LogP contribution in [0.5, 0.6) is 0 Å². The fraction of sp³-hybridized carbons (Fsp3) is 0.154. The summed E-state index contributed by atoms with van der Waals surface area (Å²) in [7, 11) is 0. The predicted molar refractivity (Wildman–Crippen MR) is 57.4 cm³/mol. The van der Waals surface area contributed by atoms with E-state index in [1.165, 1.54) is 0 Å².